The van der Waals surface area contributed by atoms with Crippen molar-refractivity contribution in [2.24, 2.45) is 0 Å². The minimum atomic E-state index is -4.38. The lowest BCUT2D eigenvalue weighted by molar-refractivity contribution is -0.655. The molecule has 0 saturated carbocycles. The smallest absolute Gasteiger partial charge is 0.345 e. The Kier molecular flexibility index (Phi) is 4.94. The molecule has 0 amide bonds. The van der Waals surface area contributed by atoms with E-state index in [0.29, 0.717) is 11.4 Å². The molecule has 4 nitrogen and oxygen atoms in total. The topological polar surface area (TPSA) is 45.6 Å². The van der Waals surface area contributed by atoms with Gasteiger partial charge in [0.05, 0.1) is 31.7 Å². The molecule has 2 N–H and O–H groups in total. The van der Waals surface area contributed by atoms with Gasteiger partial charge in [-0.15, -0.1) is 0 Å². The highest BCUT2D eigenvalue weighted by molar-refractivity contribution is 5.61. The van der Waals surface area contributed by atoms with Crippen molar-refractivity contribution in [1.82, 2.24) is 9.97 Å². The standard InChI is InChI=1S/C18H21F3N4/c1-3-15-12(2)23-16(24-17(15)25-9-7-22-8-10-25)13-5-4-6-14(11-13)18(19,20)21/h4-6,11,22H,3,7-10H2,1-2H3/p+1. The van der Waals surface area contributed by atoms with Gasteiger partial charge in [-0.1, -0.05) is 19.1 Å². The molecule has 134 valence electrons. The van der Waals surface area contributed by atoms with Crippen LogP contribution in [0.15, 0.2) is 24.3 Å². The van der Waals surface area contributed by atoms with Crippen LogP contribution in [0, 0.1) is 6.92 Å². The van der Waals surface area contributed by atoms with Gasteiger partial charge in [0.15, 0.2) is 5.82 Å². The van der Waals surface area contributed by atoms with Crippen molar-refractivity contribution in [3.8, 4) is 11.4 Å². The second kappa shape index (κ2) is 7.00. The molecule has 0 atom stereocenters. The number of aryl methyl sites for hydroxylation is 1. The zero-order chi connectivity index (χ0) is 18.0. The maximum Gasteiger partial charge on any atom is 0.416 e. The molecule has 0 unspecified atom stereocenters. The highest BCUT2D eigenvalue weighted by Gasteiger charge is 2.31. The van der Waals surface area contributed by atoms with Crippen molar-refractivity contribution in [2.75, 3.05) is 31.1 Å². The molecule has 25 heavy (non-hydrogen) atoms. The lowest BCUT2D eigenvalue weighted by Gasteiger charge is -2.28. The summed E-state index contributed by atoms with van der Waals surface area (Å²) in [6, 6.07) is 5.22. The molecular formula is C18H22F3N4+. The lowest BCUT2D eigenvalue weighted by Crippen LogP contribution is -2.89. The number of piperazine rings is 1. The third kappa shape index (κ3) is 3.76. The molecule has 1 aliphatic heterocycles. The van der Waals surface area contributed by atoms with Crippen LogP contribution < -0.4 is 10.2 Å². The Labute approximate surface area is 145 Å². The van der Waals surface area contributed by atoms with E-state index in [-0.39, 0.29) is 0 Å². The summed E-state index contributed by atoms with van der Waals surface area (Å²) in [6.45, 7) is 7.69. The summed E-state index contributed by atoms with van der Waals surface area (Å²) in [6.07, 6.45) is -3.58. The molecule has 0 radical (unpaired) electrons. The highest BCUT2D eigenvalue weighted by Crippen LogP contribution is 2.32. The van der Waals surface area contributed by atoms with E-state index in [2.05, 4.69) is 27.1 Å². The maximum atomic E-state index is 13.0. The number of rotatable bonds is 3. The van der Waals surface area contributed by atoms with Crippen LogP contribution in [-0.4, -0.2) is 36.1 Å². The van der Waals surface area contributed by atoms with Gasteiger partial charge in [0, 0.05) is 16.8 Å². The van der Waals surface area contributed by atoms with E-state index in [1.54, 1.807) is 6.07 Å². The summed E-state index contributed by atoms with van der Waals surface area (Å²) in [5.74, 6) is 1.21. The van der Waals surface area contributed by atoms with Gasteiger partial charge >= 0.3 is 6.18 Å². The molecule has 1 saturated heterocycles. The van der Waals surface area contributed by atoms with E-state index in [0.717, 1.165) is 61.8 Å². The van der Waals surface area contributed by atoms with Gasteiger partial charge < -0.3 is 10.2 Å². The fourth-order valence-corrected chi connectivity index (χ4v) is 3.18. The molecule has 0 bridgehead atoms. The van der Waals surface area contributed by atoms with Crippen molar-refractivity contribution in [3.63, 3.8) is 0 Å². The van der Waals surface area contributed by atoms with Crippen molar-refractivity contribution in [3.05, 3.63) is 41.1 Å². The number of aromatic nitrogens is 2. The maximum absolute atomic E-state index is 13.0. The third-order valence-corrected chi connectivity index (χ3v) is 4.50. The normalized spacial score (nSPS) is 15.5. The lowest BCUT2D eigenvalue weighted by atomic mass is 10.1. The van der Waals surface area contributed by atoms with Crippen LogP contribution in [0.2, 0.25) is 0 Å². The number of benzene rings is 1. The number of quaternary nitrogens is 1. The zero-order valence-corrected chi connectivity index (χ0v) is 14.4. The van der Waals surface area contributed by atoms with Crippen LogP contribution in [-0.2, 0) is 12.6 Å². The SMILES string of the molecule is CCc1c(C)nc(-c2cccc(C(F)(F)F)c2)nc1N1CC[NH2+]CC1. The number of hydrogen-bond donors (Lipinski definition) is 1. The van der Waals surface area contributed by atoms with Crippen LogP contribution in [0.3, 0.4) is 0 Å². The van der Waals surface area contributed by atoms with Crippen LogP contribution in [0.1, 0.15) is 23.7 Å². The van der Waals surface area contributed by atoms with E-state index in [1.807, 2.05) is 6.92 Å². The summed E-state index contributed by atoms with van der Waals surface area (Å²) in [4.78, 5) is 11.3. The molecule has 0 aliphatic carbocycles. The Morgan fingerprint density at radius 2 is 1.88 bits per heavy atom. The Morgan fingerprint density at radius 1 is 1.16 bits per heavy atom. The van der Waals surface area contributed by atoms with Gasteiger partial charge in [-0.2, -0.15) is 13.2 Å². The average molecular weight is 351 g/mol. The quantitative estimate of drug-likeness (QED) is 0.924. The summed E-state index contributed by atoms with van der Waals surface area (Å²) < 4.78 is 39.0. The molecule has 1 aromatic carbocycles. The molecule has 2 heterocycles. The number of anilines is 1. The van der Waals surface area contributed by atoms with Crippen LogP contribution in [0.5, 0.6) is 0 Å². The summed E-state index contributed by atoms with van der Waals surface area (Å²) >= 11 is 0. The minimum Gasteiger partial charge on any atom is -0.345 e. The zero-order valence-electron chi connectivity index (χ0n) is 14.4. The number of alkyl halides is 3. The van der Waals surface area contributed by atoms with Crippen molar-refractivity contribution in [2.45, 2.75) is 26.4 Å². The minimum absolute atomic E-state index is 0.352. The van der Waals surface area contributed by atoms with E-state index in [4.69, 9.17) is 0 Å². The third-order valence-electron chi connectivity index (χ3n) is 4.50. The first-order valence-corrected chi connectivity index (χ1v) is 8.52. The molecule has 1 fully saturated rings. The first-order valence-electron chi connectivity index (χ1n) is 8.52. The largest absolute Gasteiger partial charge is 0.416 e. The van der Waals surface area contributed by atoms with Crippen molar-refractivity contribution >= 4 is 5.82 Å². The Hall–Kier alpha value is -2.15. The average Bonchev–Trinajstić information content (AvgIpc) is 2.61. The fourth-order valence-electron chi connectivity index (χ4n) is 3.18. The summed E-state index contributed by atoms with van der Waals surface area (Å²) in [5, 5.41) is 2.25. The molecular weight excluding hydrogens is 329 g/mol. The Morgan fingerprint density at radius 3 is 2.52 bits per heavy atom. The molecule has 1 aromatic heterocycles. The number of nitrogens with zero attached hydrogens (tertiary/aromatic N) is 3. The van der Waals surface area contributed by atoms with E-state index >= 15 is 0 Å². The van der Waals surface area contributed by atoms with E-state index in [9.17, 15) is 13.2 Å². The van der Waals surface area contributed by atoms with Crippen LogP contribution >= 0.6 is 0 Å². The predicted octanol–water partition coefficient (Wildman–Crippen LogP) is 2.42. The van der Waals surface area contributed by atoms with Gasteiger partial charge in [0.2, 0.25) is 0 Å². The first-order chi connectivity index (χ1) is 11.9. The van der Waals surface area contributed by atoms with E-state index < -0.39 is 11.7 Å². The van der Waals surface area contributed by atoms with Crippen molar-refractivity contribution in [1.29, 1.82) is 0 Å². The summed E-state index contributed by atoms with van der Waals surface area (Å²) in [7, 11) is 0. The fraction of sp³-hybridized carbons (Fsp3) is 0.444. The number of nitrogens with two attached hydrogens (primary N) is 1. The molecule has 2 aromatic rings. The molecule has 7 heteroatoms. The second-order valence-corrected chi connectivity index (χ2v) is 6.22. The number of halogens is 3. The van der Waals surface area contributed by atoms with Crippen molar-refractivity contribution < 1.29 is 18.5 Å². The molecule has 0 spiro atoms. The van der Waals surface area contributed by atoms with Gasteiger partial charge in [0.25, 0.3) is 0 Å². The number of hydrogen-bond acceptors (Lipinski definition) is 3. The van der Waals surface area contributed by atoms with Gasteiger partial charge in [-0.3, -0.25) is 0 Å². The van der Waals surface area contributed by atoms with Gasteiger partial charge in [-0.05, 0) is 25.5 Å². The monoisotopic (exact) mass is 351 g/mol. The van der Waals surface area contributed by atoms with Crippen LogP contribution in [0.25, 0.3) is 11.4 Å². The predicted molar refractivity (Wildman–Crippen MR) is 90.5 cm³/mol. The van der Waals surface area contributed by atoms with Crippen LogP contribution in [0.4, 0.5) is 19.0 Å². The van der Waals surface area contributed by atoms with Gasteiger partial charge in [-0.25, -0.2) is 9.97 Å². The van der Waals surface area contributed by atoms with Gasteiger partial charge in [0.1, 0.15) is 5.82 Å². The first kappa shape index (κ1) is 17.7. The Balaban J connectivity index is 2.07. The Bertz CT molecular complexity index is 752. The highest BCUT2D eigenvalue weighted by atomic mass is 19.4. The molecule has 1 aliphatic rings. The molecule has 3 rings (SSSR count). The summed E-state index contributed by atoms with van der Waals surface area (Å²) in [5.41, 5.74) is 1.61. The van der Waals surface area contributed by atoms with E-state index in [1.165, 1.54) is 6.07 Å². The second-order valence-electron chi connectivity index (χ2n) is 6.22.